The lowest BCUT2D eigenvalue weighted by Gasteiger charge is -2.32. The number of aromatic hydroxyl groups is 3. The van der Waals surface area contributed by atoms with Crippen molar-refractivity contribution in [3.63, 3.8) is 0 Å². The van der Waals surface area contributed by atoms with Crippen LogP contribution in [0.1, 0.15) is 129 Å². The van der Waals surface area contributed by atoms with Gasteiger partial charge in [0.1, 0.15) is 17.2 Å². The maximum Gasteiger partial charge on any atom is 0.126 e. The number of hydrogen-bond donors (Lipinski definition) is 3. The number of benzene rings is 2. The molecule has 2 rings (SSSR count). The van der Waals surface area contributed by atoms with Gasteiger partial charge in [-0.1, -0.05) is 102 Å². The molecule has 1 atom stereocenters. The van der Waals surface area contributed by atoms with Gasteiger partial charge in [-0.05, 0) is 44.4 Å². The highest BCUT2D eigenvalue weighted by molar-refractivity contribution is 5.61. The zero-order valence-electron chi connectivity index (χ0n) is 23.2. The molecule has 184 valence electrons. The van der Waals surface area contributed by atoms with Crippen LogP contribution >= 0.6 is 0 Å². The Labute approximate surface area is 201 Å². The van der Waals surface area contributed by atoms with Crippen molar-refractivity contribution < 1.29 is 15.3 Å². The summed E-state index contributed by atoms with van der Waals surface area (Å²) in [5, 5.41) is 33.7. The van der Waals surface area contributed by atoms with Crippen LogP contribution in [-0.4, -0.2) is 15.3 Å². The lowest BCUT2D eigenvalue weighted by molar-refractivity contribution is 0.392. The molecule has 0 fully saturated rings. The highest BCUT2D eigenvalue weighted by Crippen LogP contribution is 2.49. The fraction of sp³-hybridized carbons (Fsp3) is 0.600. The standard InChI is InChI=1S/C30H46O3/c1-17(18-14-20(27(2,3)4)25(32)21(15-18)28(5,6)7)19-16-22(29(8,9)10)26(33)23(24(19)31)30(11,12)13/h14-17,31-33H,1-13H3. The van der Waals surface area contributed by atoms with E-state index in [4.69, 9.17) is 0 Å². The molecule has 0 amide bonds. The summed E-state index contributed by atoms with van der Waals surface area (Å²) in [5.41, 5.74) is 3.90. The van der Waals surface area contributed by atoms with Gasteiger partial charge < -0.3 is 15.3 Å². The van der Waals surface area contributed by atoms with Crippen LogP contribution in [0.2, 0.25) is 0 Å². The van der Waals surface area contributed by atoms with Crippen molar-refractivity contribution in [2.45, 2.75) is 118 Å². The monoisotopic (exact) mass is 454 g/mol. The van der Waals surface area contributed by atoms with Gasteiger partial charge in [0, 0.05) is 22.6 Å². The van der Waals surface area contributed by atoms with Crippen molar-refractivity contribution in [3.05, 3.63) is 51.6 Å². The molecule has 1 unspecified atom stereocenters. The van der Waals surface area contributed by atoms with Gasteiger partial charge in [0.25, 0.3) is 0 Å². The van der Waals surface area contributed by atoms with Gasteiger partial charge in [-0.25, -0.2) is 0 Å². The van der Waals surface area contributed by atoms with Crippen LogP contribution in [0.5, 0.6) is 17.2 Å². The number of hydrogen-bond acceptors (Lipinski definition) is 3. The first-order valence-electron chi connectivity index (χ1n) is 12.1. The maximum absolute atomic E-state index is 11.4. The van der Waals surface area contributed by atoms with Crippen molar-refractivity contribution >= 4 is 0 Å². The van der Waals surface area contributed by atoms with E-state index in [0.29, 0.717) is 11.3 Å². The van der Waals surface area contributed by atoms with E-state index in [1.165, 1.54) is 0 Å². The van der Waals surface area contributed by atoms with E-state index in [1.807, 2.05) is 26.8 Å². The Morgan fingerprint density at radius 3 is 1.21 bits per heavy atom. The summed E-state index contributed by atoms with van der Waals surface area (Å²) in [6, 6.07) is 6.12. The Kier molecular flexibility index (Phi) is 6.77. The molecule has 0 aliphatic rings. The molecule has 0 radical (unpaired) electrons. The molecule has 0 saturated carbocycles. The molecule has 33 heavy (non-hydrogen) atoms. The predicted molar refractivity (Wildman–Crippen MR) is 140 cm³/mol. The van der Waals surface area contributed by atoms with Gasteiger partial charge in [-0.15, -0.1) is 0 Å². The average Bonchev–Trinajstić information content (AvgIpc) is 2.57. The van der Waals surface area contributed by atoms with Crippen LogP contribution in [0.4, 0.5) is 0 Å². The second kappa shape index (κ2) is 8.25. The zero-order valence-corrected chi connectivity index (χ0v) is 23.2. The molecule has 0 saturated heterocycles. The minimum Gasteiger partial charge on any atom is -0.507 e. The third-order valence-electron chi connectivity index (χ3n) is 6.57. The lowest BCUT2D eigenvalue weighted by Crippen LogP contribution is -2.20. The Morgan fingerprint density at radius 2 is 0.879 bits per heavy atom. The Balaban J connectivity index is 2.93. The molecule has 3 N–H and O–H groups in total. The topological polar surface area (TPSA) is 60.7 Å². The third-order valence-corrected chi connectivity index (χ3v) is 6.57. The predicted octanol–water partition coefficient (Wildman–Crippen LogP) is 8.15. The molecule has 0 spiro atoms. The minimum atomic E-state index is -0.425. The van der Waals surface area contributed by atoms with Crippen LogP contribution in [0.15, 0.2) is 18.2 Å². The van der Waals surface area contributed by atoms with Gasteiger partial charge in [0.15, 0.2) is 0 Å². The minimum absolute atomic E-state index is 0.129. The van der Waals surface area contributed by atoms with Crippen LogP contribution < -0.4 is 0 Å². The molecular weight excluding hydrogens is 408 g/mol. The van der Waals surface area contributed by atoms with E-state index in [1.54, 1.807) is 0 Å². The molecular formula is C30H46O3. The van der Waals surface area contributed by atoms with E-state index in [0.717, 1.165) is 27.8 Å². The van der Waals surface area contributed by atoms with Crippen LogP contribution in [0, 0.1) is 0 Å². The van der Waals surface area contributed by atoms with Gasteiger partial charge >= 0.3 is 0 Å². The summed E-state index contributed by atoms with van der Waals surface area (Å²) in [7, 11) is 0. The number of phenols is 3. The molecule has 0 aromatic heterocycles. The number of phenolic OH excluding ortho intramolecular Hbond substituents is 3. The highest BCUT2D eigenvalue weighted by Gasteiger charge is 2.33. The largest absolute Gasteiger partial charge is 0.507 e. The first-order chi connectivity index (χ1) is 14.6. The van der Waals surface area contributed by atoms with Crippen LogP contribution in [-0.2, 0) is 21.7 Å². The van der Waals surface area contributed by atoms with Gasteiger partial charge in [-0.2, -0.15) is 0 Å². The Morgan fingerprint density at radius 1 is 0.515 bits per heavy atom. The summed E-state index contributed by atoms with van der Waals surface area (Å²) in [4.78, 5) is 0. The van der Waals surface area contributed by atoms with Crippen molar-refractivity contribution in [2.75, 3.05) is 0 Å². The summed E-state index contributed by atoms with van der Waals surface area (Å²) in [5.74, 6) is 0.561. The van der Waals surface area contributed by atoms with Gasteiger partial charge in [0.05, 0.1) is 0 Å². The zero-order chi connectivity index (χ0) is 25.9. The van der Waals surface area contributed by atoms with Crippen molar-refractivity contribution in [3.8, 4) is 17.2 Å². The molecule has 0 heterocycles. The van der Waals surface area contributed by atoms with E-state index in [2.05, 4.69) is 81.4 Å². The van der Waals surface area contributed by atoms with Crippen molar-refractivity contribution in [1.82, 2.24) is 0 Å². The smallest absolute Gasteiger partial charge is 0.126 e. The van der Waals surface area contributed by atoms with Crippen molar-refractivity contribution in [1.29, 1.82) is 0 Å². The van der Waals surface area contributed by atoms with Crippen LogP contribution in [0.3, 0.4) is 0 Å². The summed E-state index contributed by atoms with van der Waals surface area (Å²) >= 11 is 0. The fourth-order valence-electron chi connectivity index (χ4n) is 4.53. The maximum atomic E-state index is 11.4. The molecule has 2 aromatic rings. The lowest BCUT2D eigenvalue weighted by atomic mass is 9.74. The Bertz CT molecular complexity index is 998. The van der Waals surface area contributed by atoms with Gasteiger partial charge in [0.2, 0.25) is 0 Å². The first kappa shape index (κ1) is 27.1. The summed E-state index contributed by atoms with van der Waals surface area (Å²) in [6.07, 6.45) is 0. The normalized spacial score (nSPS) is 14.5. The highest BCUT2D eigenvalue weighted by atomic mass is 16.3. The molecule has 3 heteroatoms. The van der Waals surface area contributed by atoms with E-state index in [9.17, 15) is 15.3 Å². The van der Waals surface area contributed by atoms with E-state index < -0.39 is 5.41 Å². The molecule has 2 aromatic carbocycles. The van der Waals surface area contributed by atoms with Crippen molar-refractivity contribution in [2.24, 2.45) is 0 Å². The van der Waals surface area contributed by atoms with Crippen LogP contribution in [0.25, 0.3) is 0 Å². The summed E-state index contributed by atoms with van der Waals surface area (Å²) in [6.45, 7) is 27.0. The molecule has 3 nitrogen and oxygen atoms in total. The first-order valence-corrected chi connectivity index (χ1v) is 12.1. The van der Waals surface area contributed by atoms with E-state index in [-0.39, 0.29) is 33.7 Å². The van der Waals surface area contributed by atoms with E-state index >= 15 is 0 Å². The molecule has 0 aliphatic carbocycles. The van der Waals surface area contributed by atoms with Gasteiger partial charge in [-0.3, -0.25) is 0 Å². The quantitative estimate of drug-likeness (QED) is 0.429. The molecule has 0 bridgehead atoms. The second-order valence-electron chi connectivity index (χ2n) is 13.8. The summed E-state index contributed by atoms with van der Waals surface area (Å²) < 4.78 is 0. The second-order valence-corrected chi connectivity index (χ2v) is 13.8. The SMILES string of the molecule is CC(c1cc(C(C)(C)C)c(O)c(C(C)(C)C)c1)c1cc(C(C)(C)C)c(O)c(C(C)(C)C)c1O. The molecule has 0 aliphatic heterocycles. The Hall–Kier alpha value is -2.16. The average molecular weight is 455 g/mol. The third kappa shape index (κ3) is 5.34. The fourth-order valence-corrected chi connectivity index (χ4v) is 4.53. The number of rotatable bonds is 2.